The van der Waals surface area contributed by atoms with Crippen molar-refractivity contribution in [3.8, 4) is 5.75 Å². The lowest BCUT2D eigenvalue weighted by Gasteiger charge is -2.29. The van der Waals surface area contributed by atoms with Gasteiger partial charge in [-0.2, -0.15) is 5.10 Å². The van der Waals surface area contributed by atoms with Gasteiger partial charge in [0.15, 0.2) is 5.82 Å². The minimum atomic E-state index is 0.0780. The Morgan fingerprint density at radius 3 is 2.73 bits per heavy atom. The van der Waals surface area contributed by atoms with E-state index in [1.54, 1.807) is 13.3 Å². The molecule has 2 aromatic rings. The van der Waals surface area contributed by atoms with E-state index < -0.39 is 0 Å². The number of hydrogen-bond donors (Lipinski definition) is 1. The second-order valence-electron chi connectivity index (χ2n) is 8.42. The van der Waals surface area contributed by atoms with Crippen molar-refractivity contribution in [2.45, 2.75) is 37.8 Å². The Morgan fingerprint density at radius 2 is 2.07 bits per heavy atom. The van der Waals surface area contributed by atoms with Crippen LogP contribution in [0.3, 0.4) is 0 Å². The Kier molecular flexibility index (Phi) is 6.47. The number of methoxy groups -OCH3 is 1. The molecule has 2 unspecified atom stereocenters. The van der Waals surface area contributed by atoms with E-state index in [4.69, 9.17) is 4.74 Å². The van der Waals surface area contributed by atoms with Gasteiger partial charge in [0.25, 0.3) is 0 Å². The molecule has 0 radical (unpaired) electrons. The van der Waals surface area contributed by atoms with Crippen molar-refractivity contribution in [1.29, 1.82) is 0 Å². The third-order valence-electron chi connectivity index (χ3n) is 6.05. The van der Waals surface area contributed by atoms with Crippen molar-refractivity contribution in [2.24, 2.45) is 5.92 Å². The first-order valence-corrected chi connectivity index (χ1v) is 10.8. The number of hydrogen-bond acceptors (Lipinski definition) is 6. The number of amides is 1. The number of aromatic nitrogens is 2. The lowest BCUT2D eigenvalue weighted by Crippen LogP contribution is -2.44. The predicted octanol–water partition coefficient (Wildman–Crippen LogP) is 2.65. The number of carbonyl (C=O) groups excluding carboxylic acids is 1. The number of nitrogens with one attached hydrogen (secondary N) is 1. The highest BCUT2D eigenvalue weighted by molar-refractivity contribution is 5.78. The van der Waals surface area contributed by atoms with Crippen LogP contribution in [0.5, 0.6) is 5.75 Å². The zero-order chi connectivity index (χ0) is 20.9. The van der Waals surface area contributed by atoms with Crippen molar-refractivity contribution in [3.05, 3.63) is 48.2 Å². The third kappa shape index (κ3) is 5.08. The summed E-state index contributed by atoms with van der Waals surface area (Å²) in [7, 11) is 3.69. The summed E-state index contributed by atoms with van der Waals surface area (Å²) in [5.41, 5.74) is 1.15. The van der Waals surface area contributed by atoms with E-state index in [0.29, 0.717) is 18.5 Å². The van der Waals surface area contributed by atoms with Crippen molar-refractivity contribution in [2.75, 3.05) is 38.7 Å². The number of anilines is 1. The number of rotatable bonds is 9. The molecule has 30 heavy (non-hydrogen) atoms. The largest absolute Gasteiger partial charge is 0.497 e. The minimum absolute atomic E-state index is 0.0780. The van der Waals surface area contributed by atoms with Gasteiger partial charge in [0.05, 0.1) is 19.7 Å². The molecule has 2 fully saturated rings. The Balaban J connectivity index is 1.32. The number of benzene rings is 1. The third-order valence-corrected chi connectivity index (χ3v) is 6.05. The van der Waals surface area contributed by atoms with E-state index in [-0.39, 0.29) is 11.9 Å². The Hall–Kier alpha value is -2.67. The maximum atomic E-state index is 12.8. The number of ether oxygens (including phenoxy) is 1. The minimum Gasteiger partial charge on any atom is -0.497 e. The average Bonchev–Trinajstić information content (AvgIpc) is 3.51. The maximum absolute atomic E-state index is 12.8. The topological polar surface area (TPSA) is 70.6 Å². The molecule has 160 valence electrons. The number of likely N-dealkylation sites (N-methyl/N-ethyl adjacent to an activating group) is 1. The Bertz CT molecular complexity index is 825. The van der Waals surface area contributed by atoms with E-state index in [1.165, 1.54) is 12.8 Å². The SMILES string of the molecule is COc1ccc(C(NC(=O)CN(C)CC2CCCN2c2cccnn2)C2CC2)cc1. The lowest BCUT2D eigenvalue weighted by atomic mass is 10.0. The highest BCUT2D eigenvalue weighted by Gasteiger charge is 2.34. The first-order chi connectivity index (χ1) is 14.6. The smallest absolute Gasteiger partial charge is 0.234 e. The van der Waals surface area contributed by atoms with Crippen LogP contribution in [0, 0.1) is 5.92 Å². The average molecular weight is 410 g/mol. The van der Waals surface area contributed by atoms with Gasteiger partial charge in [0, 0.05) is 25.3 Å². The number of nitrogens with zero attached hydrogens (tertiary/aromatic N) is 4. The molecule has 1 saturated carbocycles. The first-order valence-electron chi connectivity index (χ1n) is 10.8. The summed E-state index contributed by atoms with van der Waals surface area (Å²) in [5, 5.41) is 11.5. The van der Waals surface area contributed by atoms with Gasteiger partial charge in [-0.3, -0.25) is 9.69 Å². The second kappa shape index (κ2) is 9.43. The molecule has 7 heteroatoms. The van der Waals surface area contributed by atoms with Crippen LogP contribution >= 0.6 is 0 Å². The Morgan fingerprint density at radius 1 is 1.27 bits per heavy atom. The van der Waals surface area contributed by atoms with Crippen LogP contribution in [0.2, 0.25) is 0 Å². The molecule has 1 amide bonds. The van der Waals surface area contributed by atoms with Crippen LogP contribution in [0.15, 0.2) is 42.6 Å². The molecule has 0 bridgehead atoms. The quantitative estimate of drug-likeness (QED) is 0.687. The van der Waals surface area contributed by atoms with Gasteiger partial charge < -0.3 is 15.0 Å². The van der Waals surface area contributed by atoms with Crippen LogP contribution in [0.25, 0.3) is 0 Å². The fraction of sp³-hybridized carbons (Fsp3) is 0.522. The van der Waals surface area contributed by atoms with Crippen molar-refractivity contribution in [3.63, 3.8) is 0 Å². The van der Waals surface area contributed by atoms with Crippen LogP contribution in [-0.2, 0) is 4.79 Å². The van der Waals surface area contributed by atoms with Gasteiger partial charge in [-0.05, 0) is 68.5 Å². The molecule has 7 nitrogen and oxygen atoms in total. The van der Waals surface area contributed by atoms with Gasteiger partial charge in [-0.25, -0.2) is 0 Å². The van der Waals surface area contributed by atoms with Gasteiger partial charge in [-0.15, -0.1) is 5.10 Å². The van der Waals surface area contributed by atoms with Crippen LogP contribution in [0.4, 0.5) is 5.82 Å². The summed E-state index contributed by atoms with van der Waals surface area (Å²) in [5.74, 6) is 2.37. The van der Waals surface area contributed by atoms with Gasteiger partial charge in [0.2, 0.25) is 5.91 Å². The fourth-order valence-electron chi connectivity index (χ4n) is 4.38. The van der Waals surface area contributed by atoms with Crippen LogP contribution in [-0.4, -0.2) is 60.8 Å². The van der Waals surface area contributed by atoms with Crippen molar-refractivity contribution < 1.29 is 9.53 Å². The molecule has 1 aromatic carbocycles. The predicted molar refractivity (Wildman–Crippen MR) is 116 cm³/mol. The number of carbonyl (C=O) groups is 1. The molecular weight excluding hydrogens is 378 g/mol. The molecule has 2 aliphatic rings. The van der Waals surface area contributed by atoms with E-state index in [0.717, 1.165) is 43.1 Å². The zero-order valence-electron chi connectivity index (χ0n) is 17.8. The first kappa shape index (κ1) is 20.6. The van der Waals surface area contributed by atoms with Crippen molar-refractivity contribution >= 4 is 11.7 Å². The van der Waals surface area contributed by atoms with E-state index >= 15 is 0 Å². The van der Waals surface area contributed by atoms with E-state index in [1.807, 2.05) is 31.3 Å². The van der Waals surface area contributed by atoms with Crippen LogP contribution < -0.4 is 15.0 Å². The zero-order valence-corrected chi connectivity index (χ0v) is 17.8. The summed E-state index contributed by atoms with van der Waals surface area (Å²) in [4.78, 5) is 17.2. The summed E-state index contributed by atoms with van der Waals surface area (Å²) in [6.45, 7) is 2.22. The maximum Gasteiger partial charge on any atom is 0.234 e. The summed E-state index contributed by atoms with van der Waals surface area (Å²) < 4.78 is 5.26. The monoisotopic (exact) mass is 409 g/mol. The molecule has 1 saturated heterocycles. The highest BCUT2D eigenvalue weighted by Crippen LogP contribution is 2.41. The summed E-state index contributed by atoms with van der Waals surface area (Å²) in [6, 6.07) is 12.4. The lowest BCUT2D eigenvalue weighted by molar-refractivity contribution is -0.122. The fourth-order valence-corrected chi connectivity index (χ4v) is 4.38. The van der Waals surface area contributed by atoms with Gasteiger partial charge in [0.1, 0.15) is 5.75 Å². The van der Waals surface area contributed by atoms with Gasteiger partial charge >= 0.3 is 0 Å². The molecule has 1 aliphatic heterocycles. The highest BCUT2D eigenvalue weighted by atomic mass is 16.5. The molecule has 1 N–H and O–H groups in total. The van der Waals surface area contributed by atoms with Gasteiger partial charge in [-0.1, -0.05) is 12.1 Å². The molecule has 0 spiro atoms. The second-order valence-corrected chi connectivity index (χ2v) is 8.42. The summed E-state index contributed by atoms with van der Waals surface area (Å²) in [6.07, 6.45) is 6.29. The van der Waals surface area contributed by atoms with E-state index in [2.05, 4.69) is 37.4 Å². The Labute approximate surface area is 178 Å². The normalized spacial score (nSPS) is 19.7. The van der Waals surface area contributed by atoms with Crippen LogP contribution in [0.1, 0.15) is 37.3 Å². The molecular formula is C23H31N5O2. The molecule has 2 atom stereocenters. The van der Waals surface area contributed by atoms with E-state index in [9.17, 15) is 4.79 Å². The van der Waals surface area contributed by atoms with Crippen molar-refractivity contribution in [1.82, 2.24) is 20.4 Å². The molecule has 1 aliphatic carbocycles. The molecule has 4 rings (SSSR count). The molecule has 1 aromatic heterocycles. The summed E-state index contributed by atoms with van der Waals surface area (Å²) >= 11 is 0. The molecule has 2 heterocycles. The standard InChI is InChI=1S/C23H31N5O2/c1-27(15-19-5-4-14-28(19)21-6-3-13-24-26-21)16-22(29)25-23(17-7-8-17)18-9-11-20(30-2)12-10-18/h3,6,9-13,17,19,23H,4-5,7-8,14-16H2,1-2H3,(H,25,29).